The summed E-state index contributed by atoms with van der Waals surface area (Å²) in [6.45, 7) is 6.59. The molecule has 0 aliphatic carbocycles. The predicted octanol–water partition coefficient (Wildman–Crippen LogP) is 14.3. The summed E-state index contributed by atoms with van der Waals surface area (Å²) < 4.78 is 93.4. The number of hydrogen-bond donors (Lipinski definition) is 0. The maximum Gasteiger partial charge on any atom is 0.269 e. The Morgan fingerprint density at radius 2 is 1.17 bits per heavy atom. The van der Waals surface area contributed by atoms with E-state index >= 15 is 0 Å². The molecule has 0 radical (unpaired) electrons. The van der Waals surface area contributed by atoms with Crippen LogP contribution in [0.2, 0.25) is 0 Å². The SMILES string of the molecule is [2H]c1c([2H])c([2H])c(-c2cccc(-c3c([2H])c([2H])c([2H])c([2H])c3[2H])c2-[n+]2[c-]n(-c3cccc(N(c4ccccc4)c4ccc5c6ccccc6n(-c6cc(C(C)(C)C)ccn6)c5c4)c3)c3ccccc32)c([2H])c1[2H]. The highest BCUT2D eigenvalue weighted by Gasteiger charge is 2.22. The van der Waals surface area contributed by atoms with Crippen LogP contribution in [0.1, 0.15) is 40.0 Å². The van der Waals surface area contributed by atoms with Crippen LogP contribution in [-0.4, -0.2) is 14.1 Å². The zero-order valence-electron chi connectivity index (χ0n) is 44.7. The molecule has 0 aliphatic rings. The quantitative estimate of drug-likeness (QED) is 0.113. The van der Waals surface area contributed by atoms with Gasteiger partial charge >= 0.3 is 0 Å². The van der Waals surface area contributed by atoms with Gasteiger partial charge in [0.15, 0.2) is 0 Å². The number of hydrogen-bond acceptors (Lipinski definition) is 2. The van der Waals surface area contributed by atoms with Crippen LogP contribution >= 0.6 is 0 Å². The first kappa shape index (κ1) is 28.5. The number of para-hydroxylation sites is 5. The Kier molecular flexibility index (Phi) is 7.00. The first-order valence-electron chi connectivity index (χ1n) is 25.7. The summed E-state index contributed by atoms with van der Waals surface area (Å²) in [5.41, 5.74) is 7.92. The summed E-state index contributed by atoms with van der Waals surface area (Å²) in [6, 6.07) is 44.3. The summed E-state index contributed by atoms with van der Waals surface area (Å²) in [5.74, 6) is 0.815. The molecule has 302 valence electrons. The van der Waals surface area contributed by atoms with Crippen LogP contribution in [0.3, 0.4) is 0 Å². The van der Waals surface area contributed by atoms with E-state index in [2.05, 4.69) is 97.2 Å². The smallest absolute Gasteiger partial charge is 0.269 e. The van der Waals surface area contributed by atoms with Gasteiger partial charge in [-0.25, -0.2) is 4.98 Å². The molecule has 0 aliphatic heterocycles. The molecule has 3 aromatic heterocycles. The van der Waals surface area contributed by atoms with Crippen LogP contribution in [0.25, 0.3) is 72.3 Å². The van der Waals surface area contributed by atoms with Crippen LogP contribution in [0.5, 0.6) is 0 Å². The average molecular weight is 822 g/mol. The van der Waals surface area contributed by atoms with E-state index in [1.54, 1.807) is 22.8 Å². The minimum Gasteiger partial charge on any atom is -0.311 e. The second kappa shape index (κ2) is 15.5. The molecule has 0 N–H and O–H groups in total. The van der Waals surface area contributed by atoms with Crippen molar-refractivity contribution in [3.63, 3.8) is 0 Å². The summed E-state index contributed by atoms with van der Waals surface area (Å²) in [6.07, 6.45) is 5.40. The van der Waals surface area contributed by atoms with Crippen LogP contribution in [0.15, 0.2) is 218 Å². The highest BCUT2D eigenvalue weighted by atomic mass is 15.2. The largest absolute Gasteiger partial charge is 0.311 e. The monoisotopic (exact) mass is 821 g/mol. The Morgan fingerprint density at radius 1 is 0.556 bits per heavy atom. The normalized spacial score (nSPS) is 14.0. The highest BCUT2D eigenvalue weighted by molar-refractivity contribution is 6.10. The van der Waals surface area contributed by atoms with Crippen molar-refractivity contribution in [2.75, 3.05) is 4.90 Å². The number of benzene rings is 8. The third-order valence-electron chi connectivity index (χ3n) is 11.5. The molecule has 0 bridgehead atoms. The van der Waals surface area contributed by atoms with Gasteiger partial charge in [-0.2, -0.15) is 0 Å². The number of pyridine rings is 1. The van der Waals surface area contributed by atoms with Crippen LogP contribution in [0.4, 0.5) is 17.1 Å². The molecule has 8 aromatic carbocycles. The van der Waals surface area contributed by atoms with E-state index in [9.17, 15) is 0 Å². The average Bonchev–Trinajstić information content (AvgIpc) is 3.95. The molecule has 11 rings (SSSR count). The third kappa shape index (κ3) is 6.75. The third-order valence-corrected chi connectivity index (χ3v) is 11.5. The molecule has 5 nitrogen and oxygen atoms in total. The van der Waals surface area contributed by atoms with Gasteiger partial charge < -0.3 is 4.90 Å². The molecule has 11 aromatic rings. The Balaban J connectivity index is 1.14. The molecular weight excluding hydrogens is 767 g/mol. The molecule has 0 fully saturated rings. The number of fused-ring (bicyclic) bond motifs is 4. The Morgan fingerprint density at radius 3 is 1.90 bits per heavy atom. The maximum atomic E-state index is 9.09. The zero-order chi connectivity index (χ0) is 51.2. The van der Waals surface area contributed by atoms with Crippen molar-refractivity contribution in [3.05, 3.63) is 230 Å². The van der Waals surface area contributed by atoms with Crippen LogP contribution < -0.4 is 9.47 Å². The molecule has 0 saturated carbocycles. The van der Waals surface area contributed by atoms with Crippen molar-refractivity contribution >= 4 is 49.9 Å². The highest BCUT2D eigenvalue weighted by Crippen LogP contribution is 2.41. The van der Waals surface area contributed by atoms with E-state index in [0.29, 0.717) is 16.7 Å². The van der Waals surface area contributed by atoms with Crippen LogP contribution in [-0.2, 0) is 5.41 Å². The molecule has 63 heavy (non-hydrogen) atoms. The first-order chi connectivity index (χ1) is 35.0. The molecular formula is C58H45N5. The van der Waals surface area contributed by atoms with E-state index in [1.165, 1.54) is 5.56 Å². The Bertz CT molecular complexity index is 3900. The lowest BCUT2D eigenvalue weighted by Gasteiger charge is -2.26. The van der Waals surface area contributed by atoms with Gasteiger partial charge in [-0.1, -0.05) is 172 Å². The Hall–Kier alpha value is -8.02. The van der Waals surface area contributed by atoms with Gasteiger partial charge in [0.25, 0.3) is 6.33 Å². The lowest BCUT2D eigenvalue weighted by atomic mass is 9.88. The maximum absolute atomic E-state index is 9.09. The fourth-order valence-electron chi connectivity index (χ4n) is 8.52. The molecule has 0 amide bonds. The van der Waals surface area contributed by atoms with Crippen LogP contribution in [0, 0.1) is 6.33 Å². The van der Waals surface area contributed by atoms with E-state index in [-0.39, 0.29) is 33.4 Å². The summed E-state index contributed by atoms with van der Waals surface area (Å²) in [4.78, 5) is 7.11. The molecule has 3 heterocycles. The summed E-state index contributed by atoms with van der Waals surface area (Å²) >= 11 is 0. The summed E-state index contributed by atoms with van der Waals surface area (Å²) in [5, 5.41) is 2.18. The molecule has 0 unspecified atom stereocenters. The standard InChI is InChI=1S/C58H45N5/c1-58(2,3)43-35-36-59-56(37-43)63-52-30-14-13-27-50(52)51-34-33-47(39-55(51)63)62(44-23-11-6-12-24-44)46-26-17-25-45(38-46)60-40-61(54-32-16-15-31-53(54)60)57-48(41-19-7-4-8-20-41)28-18-29-49(57)42-21-9-5-10-22-42/h4-39H,1-3H3/i4D,5D,7D,8D,9D,10D,19D,20D,21D,22D. The van der Waals surface area contributed by atoms with Gasteiger partial charge in [0, 0.05) is 34.0 Å². The van der Waals surface area contributed by atoms with Crippen molar-refractivity contribution in [2.24, 2.45) is 0 Å². The van der Waals surface area contributed by atoms with Gasteiger partial charge in [-0.05, 0) is 93.9 Å². The first-order valence-corrected chi connectivity index (χ1v) is 20.7. The molecule has 0 spiro atoms. The topological polar surface area (TPSA) is 29.9 Å². The molecule has 0 atom stereocenters. The van der Waals surface area contributed by atoms with Crippen molar-refractivity contribution in [3.8, 4) is 39.4 Å². The molecule has 0 saturated heterocycles. The number of anilines is 3. The fourth-order valence-corrected chi connectivity index (χ4v) is 8.52. The van der Waals surface area contributed by atoms with Crippen molar-refractivity contribution in [2.45, 2.75) is 26.2 Å². The fraction of sp³-hybridized carbons (Fsp3) is 0.0690. The second-order valence-corrected chi connectivity index (χ2v) is 16.4. The number of rotatable bonds is 8. The predicted molar refractivity (Wildman–Crippen MR) is 260 cm³/mol. The van der Waals surface area contributed by atoms with E-state index in [4.69, 9.17) is 18.7 Å². The minimum atomic E-state index is -0.562. The van der Waals surface area contributed by atoms with Gasteiger partial charge in [-0.15, -0.1) is 0 Å². The number of imidazole rings is 1. The lowest BCUT2D eigenvalue weighted by Crippen LogP contribution is -2.31. The van der Waals surface area contributed by atoms with Gasteiger partial charge in [0.2, 0.25) is 0 Å². The summed E-state index contributed by atoms with van der Waals surface area (Å²) in [7, 11) is 0. The van der Waals surface area contributed by atoms with E-state index in [1.807, 2.05) is 83.6 Å². The number of nitrogens with zero attached hydrogens (tertiary/aromatic N) is 5. The van der Waals surface area contributed by atoms with Gasteiger partial charge in [-0.3, -0.25) is 13.7 Å². The zero-order valence-corrected chi connectivity index (χ0v) is 34.7. The van der Waals surface area contributed by atoms with Crippen molar-refractivity contribution < 1.29 is 18.3 Å². The lowest BCUT2D eigenvalue weighted by molar-refractivity contribution is -0.571. The molecule has 5 heteroatoms. The van der Waals surface area contributed by atoms with E-state index < -0.39 is 60.4 Å². The minimum absolute atomic E-state index is 0.0984. The number of aromatic nitrogens is 4. The Labute approximate surface area is 382 Å². The second-order valence-electron chi connectivity index (χ2n) is 16.4. The van der Waals surface area contributed by atoms with Crippen molar-refractivity contribution in [1.82, 2.24) is 14.1 Å². The van der Waals surface area contributed by atoms with Crippen molar-refractivity contribution in [1.29, 1.82) is 0 Å². The van der Waals surface area contributed by atoms with Gasteiger partial charge in [0.05, 0.1) is 47.1 Å². The van der Waals surface area contributed by atoms with Gasteiger partial charge in [0.1, 0.15) is 5.82 Å². The van der Waals surface area contributed by atoms with E-state index in [0.717, 1.165) is 44.7 Å².